The molecule has 0 aromatic heterocycles. The van der Waals surface area contributed by atoms with Gasteiger partial charge in [0.15, 0.2) is 5.78 Å². The molecular weight excluding hydrogens is 364 g/mol. The minimum atomic E-state index is -0.620. The SMILES string of the molecule is CCC(NCCC(=O)c1cccc(NC(=O)C=C(C)C)c1)C(O)c1ccccc1. The number of carbonyl (C=O) groups is 2. The molecule has 0 aliphatic heterocycles. The number of aliphatic hydroxyl groups is 1. The van der Waals surface area contributed by atoms with Crippen molar-refractivity contribution < 1.29 is 14.7 Å². The minimum absolute atomic E-state index is 0.0140. The summed E-state index contributed by atoms with van der Waals surface area (Å²) in [6, 6.07) is 16.3. The van der Waals surface area contributed by atoms with Gasteiger partial charge in [-0.25, -0.2) is 0 Å². The summed E-state index contributed by atoms with van der Waals surface area (Å²) in [5.41, 5.74) is 2.91. The molecular formula is C24H30N2O3. The fourth-order valence-corrected chi connectivity index (χ4v) is 3.09. The zero-order chi connectivity index (χ0) is 21.2. The fourth-order valence-electron chi connectivity index (χ4n) is 3.09. The second kappa shape index (κ2) is 11.3. The summed E-state index contributed by atoms with van der Waals surface area (Å²) < 4.78 is 0. The molecule has 5 nitrogen and oxygen atoms in total. The lowest BCUT2D eigenvalue weighted by atomic mass is 10.00. The molecule has 2 rings (SSSR count). The number of hydrogen-bond donors (Lipinski definition) is 3. The third-order valence-electron chi connectivity index (χ3n) is 4.59. The predicted octanol–water partition coefficient (Wildman–Crippen LogP) is 4.27. The lowest BCUT2D eigenvalue weighted by molar-refractivity contribution is -0.111. The van der Waals surface area contributed by atoms with Gasteiger partial charge in [-0.3, -0.25) is 9.59 Å². The van der Waals surface area contributed by atoms with Crippen LogP contribution in [0.4, 0.5) is 5.69 Å². The van der Waals surface area contributed by atoms with E-state index in [-0.39, 0.29) is 17.7 Å². The average Bonchev–Trinajstić information content (AvgIpc) is 2.70. The second-order valence-corrected chi connectivity index (χ2v) is 7.29. The summed E-state index contributed by atoms with van der Waals surface area (Å²) in [5.74, 6) is -0.225. The Morgan fingerprint density at radius 2 is 1.79 bits per heavy atom. The molecule has 0 saturated carbocycles. The van der Waals surface area contributed by atoms with E-state index in [1.54, 1.807) is 24.3 Å². The van der Waals surface area contributed by atoms with Crippen LogP contribution >= 0.6 is 0 Å². The zero-order valence-corrected chi connectivity index (χ0v) is 17.3. The van der Waals surface area contributed by atoms with Gasteiger partial charge in [-0.1, -0.05) is 55.0 Å². The quantitative estimate of drug-likeness (QED) is 0.415. The lowest BCUT2D eigenvalue weighted by Crippen LogP contribution is -2.35. The first-order valence-corrected chi connectivity index (χ1v) is 9.96. The van der Waals surface area contributed by atoms with Crippen molar-refractivity contribution in [2.75, 3.05) is 11.9 Å². The number of nitrogens with one attached hydrogen (secondary N) is 2. The second-order valence-electron chi connectivity index (χ2n) is 7.29. The van der Waals surface area contributed by atoms with Gasteiger partial charge in [0.2, 0.25) is 5.91 Å². The van der Waals surface area contributed by atoms with Crippen LogP contribution in [-0.4, -0.2) is 29.4 Å². The number of rotatable bonds is 10. The molecule has 0 aliphatic carbocycles. The molecule has 1 amide bonds. The molecule has 0 saturated heterocycles. The maximum atomic E-state index is 12.5. The van der Waals surface area contributed by atoms with Crippen LogP contribution in [0.1, 0.15) is 55.6 Å². The monoisotopic (exact) mass is 394 g/mol. The third-order valence-corrected chi connectivity index (χ3v) is 4.59. The van der Waals surface area contributed by atoms with E-state index < -0.39 is 6.10 Å². The molecule has 3 N–H and O–H groups in total. The van der Waals surface area contributed by atoms with Crippen molar-refractivity contribution in [1.82, 2.24) is 5.32 Å². The number of amides is 1. The number of ketones is 1. The number of aliphatic hydroxyl groups excluding tert-OH is 1. The van der Waals surface area contributed by atoms with E-state index in [4.69, 9.17) is 0 Å². The Bertz CT molecular complexity index is 842. The summed E-state index contributed by atoms with van der Waals surface area (Å²) in [7, 11) is 0. The van der Waals surface area contributed by atoms with Crippen molar-refractivity contribution in [3.8, 4) is 0 Å². The molecule has 0 bridgehead atoms. The number of Topliss-reactive ketones (excluding diaryl/α,β-unsaturated/α-hetero) is 1. The number of allylic oxidation sites excluding steroid dienone is 1. The highest BCUT2D eigenvalue weighted by Crippen LogP contribution is 2.19. The Hall–Kier alpha value is -2.76. The van der Waals surface area contributed by atoms with E-state index in [2.05, 4.69) is 10.6 Å². The van der Waals surface area contributed by atoms with Gasteiger partial charge in [-0.2, -0.15) is 0 Å². The van der Waals surface area contributed by atoms with Gasteiger partial charge in [0.05, 0.1) is 6.10 Å². The first-order chi connectivity index (χ1) is 13.9. The van der Waals surface area contributed by atoms with Crippen LogP contribution in [0, 0.1) is 0 Å². The van der Waals surface area contributed by atoms with E-state index >= 15 is 0 Å². The molecule has 2 unspecified atom stereocenters. The van der Waals surface area contributed by atoms with Gasteiger partial charge in [0.1, 0.15) is 0 Å². The summed E-state index contributed by atoms with van der Waals surface area (Å²) in [4.78, 5) is 24.4. The van der Waals surface area contributed by atoms with E-state index in [0.717, 1.165) is 17.6 Å². The fraction of sp³-hybridized carbons (Fsp3) is 0.333. The Morgan fingerprint density at radius 1 is 1.07 bits per heavy atom. The molecule has 0 aliphatic rings. The maximum Gasteiger partial charge on any atom is 0.248 e. The van der Waals surface area contributed by atoms with Crippen molar-refractivity contribution >= 4 is 17.4 Å². The smallest absolute Gasteiger partial charge is 0.248 e. The number of anilines is 1. The molecule has 5 heteroatoms. The van der Waals surface area contributed by atoms with Crippen molar-refractivity contribution in [1.29, 1.82) is 0 Å². The standard InChI is InChI=1S/C24H30N2O3/c1-4-21(24(29)18-9-6-5-7-10-18)25-14-13-22(27)19-11-8-12-20(16-19)26-23(28)15-17(2)3/h5-12,15-16,21,24-25,29H,4,13-14H2,1-3H3,(H,26,28). The first kappa shape index (κ1) is 22.5. The van der Waals surface area contributed by atoms with Crippen LogP contribution in [0.5, 0.6) is 0 Å². The van der Waals surface area contributed by atoms with Crippen LogP contribution < -0.4 is 10.6 Å². The highest BCUT2D eigenvalue weighted by Gasteiger charge is 2.19. The molecule has 154 valence electrons. The van der Waals surface area contributed by atoms with E-state index in [9.17, 15) is 14.7 Å². The first-order valence-electron chi connectivity index (χ1n) is 9.96. The van der Waals surface area contributed by atoms with Crippen LogP contribution in [-0.2, 0) is 4.79 Å². The maximum absolute atomic E-state index is 12.5. The molecule has 0 spiro atoms. The Balaban J connectivity index is 1.91. The van der Waals surface area contributed by atoms with Crippen molar-refractivity contribution in [2.24, 2.45) is 0 Å². The van der Waals surface area contributed by atoms with Gasteiger partial charge >= 0.3 is 0 Å². The molecule has 0 radical (unpaired) electrons. The lowest BCUT2D eigenvalue weighted by Gasteiger charge is -2.23. The van der Waals surface area contributed by atoms with E-state index in [1.165, 1.54) is 6.08 Å². The third kappa shape index (κ3) is 7.29. The highest BCUT2D eigenvalue weighted by molar-refractivity contribution is 6.01. The van der Waals surface area contributed by atoms with Crippen LogP contribution in [0.15, 0.2) is 66.2 Å². The van der Waals surface area contributed by atoms with Gasteiger partial charge in [-0.15, -0.1) is 0 Å². The topological polar surface area (TPSA) is 78.4 Å². The molecule has 0 heterocycles. The number of benzene rings is 2. The van der Waals surface area contributed by atoms with Gasteiger partial charge in [0.25, 0.3) is 0 Å². The van der Waals surface area contributed by atoms with Gasteiger partial charge in [0, 0.05) is 36.3 Å². The predicted molar refractivity (Wildman–Crippen MR) is 117 cm³/mol. The van der Waals surface area contributed by atoms with E-state index in [0.29, 0.717) is 24.2 Å². The van der Waals surface area contributed by atoms with Crippen molar-refractivity contribution in [2.45, 2.75) is 45.8 Å². The van der Waals surface area contributed by atoms with Gasteiger partial charge < -0.3 is 15.7 Å². The van der Waals surface area contributed by atoms with Crippen molar-refractivity contribution in [3.05, 3.63) is 77.4 Å². The number of carbonyl (C=O) groups excluding carboxylic acids is 2. The zero-order valence-electron chi connectivity index (χ0n) is 17.3. The average molecular weight is 395 g/mol. The summed E-state index contributed by atoms with van der Waals surface area (Å²) in [6.07, 6.45) is 1.95. The van der Waals surface area contributed by atoms with Gasteiger partial charge in [-0.05, 0) is 38.0 Å². The number of hydrogen-bond acceptors (Lipinski definition) is 4. The van der Waals surface area contributed by atoms with Crippen molar-refractivity contribution in [3.63, 3.8) is 0 Å². The summed E-state index contributed by atoms with van der Waals surface area (Å²) >= 11 is 0. The molecule has 2 atom stereocenters. The molecule has 2 aromatic rings. The Labute approximate surface area is 172 Å². The Morgan fingerprint density at radius 3 is 2.45 bits per heavy atom. The normalized spacial score (nSPS) is 12.7. The molecule has 2 aromatic carbocycles. The van der Waals surface area contributed by atoms with E-state index in [1.807, 2.05) is 51.1 Å². The van der Waals surface area contributed by atoms with Crippen LogP contribution in [0.3, 0.4) is 0 Å². The van der Waals surface area contributed by atoms with Crippen LogP contribution in [0.2, 0.25) is 0 Å². The Kier molecular flexibility index (Phi) is 8.77. The van der Waals surface area contributed by atoms with Crippen LogP contribution in [0.25, 0.3) is 0 Å². The molecule has 29 heavy (non-hydrogen) atoms. The minimum Gasteiger partial charge on any atom is -0.387 e. The highest BCUT2D eigenvalue weighted by atomic mass is 16.3. The molecule has 0 fully saturated rings. The summed E-state index contributed by atoms with van der Waals surface area (Å²) in [5, 5.41) is 16.6. The largest absolute Gasteiger partial charge is 0.387 e. The summed E-state index contributed by atoms with van der Waals surface area (Å²) in [6.45, 7) is 6.18.